The maximum absolute atomic E-state index is 10.4. The van der Waals surface area contributed by atoms with Crippen molar-refractivity contribution in [2.45, 2.75) is 12.5 Å². The van der Waals surface area contributed by atoms with Crippen molar-refractivity contribution in [2.24, 2.45) is 5.73 Å². The topological polar surface area (TPSA) is 96.4 Å². The molecule has 0 saturated heterocycles. The van der Waals surface area contributed by atoms with Crippen LogP contribution in [0.4, 0.5) is 0 Å². The Hall–Kier alpha value is -1.62. The van der Waals surface area contributed by atoms with Gasteiger partial charge in [-0.05, 0) is 12.1 Å². The van der Waals surface area contributed by atoms with Gasteiger partial charge in [0, 0.05) is 12.6 Å². The predicted octanol–water partition coefficient (Wildman–Crippen LogP) is -0.258. The van der Waals surface area contributed by atoms with Crippen LogP contribution in [0, 0.1) is 0 Å². The second-order valence-electron chi connectivity index (χ2n) is 2.62. The van der Waals surface area contributed by atoms with E-state index < -0.39 is 12.0 Å². The van der Waals surface area contributed by atoms with Gasteiger partial charge in [0.25, 0.3) is 0 Å². The van der Waals surface area contributed by atoms with Crippen molar-refractivity contribution in [2.75, 3.05) is 0 Å². The van der Waals surface area contributed by atoms with Crippen LogP contribution >= 0.6 is 0 Å². The highest BCUT2D eigenvalue weighted by Crippen LogP contribution is 2.13. The molecular weight excluding hydrogens is 172 g/mol. The van der Waals surface area contributed by atoms with Crippen LogP contribution in [0.25, 0.3) is 0 Å². The first-order valence-electron chi connectivity index (χ1n) is 3.72. The number of carbonyl (C=O) groups is 1. The molecule has 0 unspecified atom stereocenters. The molecule has 0 aliphatic heterocycles. The standard InChI is InChI=1S/C8H10N2O3/c9-5(8(12)13)4-6-7(11)2-1-3-10-6/h1-3,5,11H,4,9H2,(H,12,13)/t5-/m0/s1. The van der Waals surface area contributed by atoms with E-state index in [9.17, 15) is 9.90 Å². The molecule has 13 heavy (non-hydrogen) atoms. The van der Waals surface area contributed by atoms with Crippen molar-refractivity contribution >= 4 is 5.97 Å². The summed E-state index contributed by atoms with van der Waals surface area (Å²) in [5, 5.41) is 17.7. The fourth-order valence-electron chi connectivity index (χ4n) is 0.882. The van der Waals surface area contributed by atoms with Gasteiger partial charge in [-0.3, -0.25) is 9.78 Å². The third kappa shape index (κ3) is 2.41. The first kappa shape index (κ1) is 9.47. The van der Waals surface area contributed by atoms with E-state index in [1.807, 2.05) is 0 Å². The first-order valence-corrected chi connectivity index (χ1v) is 3.72. The Kier molecular flexibility index (Phi) is 2.81. The van der Waals surface area contributed by atoms with Crippen molar-refractivity contribution < 1.29 is 15.0 Å². The summed E-state index contributed by atoms with van der Waals surface area (Å²) in [6, 6.07) is 1.97. The summed E-state index contributed by atoms with van der Waals surface area (Å²) < 4.78 is 0. The molecular formula is C8H10N2O3. The predicted molar refractivity (Wildman–Crippen MR) is 45.2 cm³/mol. The molecule has 1 rings (SSSR count). The first-order chi connectivity index (χ1) is 6.11. The Bertz CT molecular complexity index is 314. The zero-order valence-corrected chi connectivity index (χ0v) is 6.84. The molecule has 5 heteroatoms. The quantitative estimate of drug-likeness (QED) is 0.598. The molecule has 1 heterocycles. The molecule has 4 N–H and O–H groups in total. The number of aromatic hydroxyl groups is 1. The summed E-state index contributed by atoms with van der Waals surface area (Å²) >= 11 is 0. The van der Waals surface area contributed by atoms with E-state index in [-0.39, 0.29) is 12.2 Å². The van der Waals surface area contributed by atoms with Crippen LogP contribution in [-0.2, 0) is 11.2 Å². The van der Waals surface area contributed by atoms with Crippen molar-refractivity contribution in [3.8, 4) is 5.75 Å². The summed E-state index contributed by atoms with van der Waals surface area (Å²) in [6.07, 6.45) is 1.51. The number of aromatic nitrogens is 1. The molecule has 1 aromatic heterocycles. The number of nitrogens with two attached hydrogens (primary N) is 1. The molecule has 0 aliphatic rings. The third-order valence-electron chi connectivity index (χ3n) is 1.60. The molecule has 0 saturated carbocycles. The van der Waals surface area contributed by atoms with E-state index in [1.54, 1.807) is 6.07 Å². The van der Waals surface area contributed by atoms with Crippen molar-refractivity contribution in [1.29, 1.82) is 0 Å². The number of rotatable bonds is 3. The molecule has 0 aromatic carbocycles. The third-order valence-corrected chi connectivity index (χ3v) is 1.60. The van der Waals surface area contributed by atoms with Crippen LogP contribution in [0.2, 0.25) is 0 Å². The van der Waals surface area contributed by atoms with Crippen LogP contribution in [0.3, 0.4) is 0 Å². The Labute approximate surface area is 74.8 Å². The second kappa shape index (κ2) is 3.86. The number of carboxylic acid groups (broad SMARTS) is 1. The van der Waals surface area contributed by atoms with E-state index in [0.717, 1.165) is 0 Å². The average Bonchev–Trinajstić information content (AvgIpc) is 2.08. The molecule has 0 radical (unpaired) electrons. The van der Waals surface area contributed by atoms with Crippen molar-refractivity contribution in [3.63, 3.8) is 0 Å². The van der Waals surface area contributed by atoms with Crippen molar-refractivity contribution in [1.82, 2.24) is 4.98 Å². The highest BCUT2D eigenvalue weighted by molar-refractivity contribution is 5.73. The summed E-state index contributed by atoms with van der Waals surface area (Å²) in [5.41, 5.74) is 5.57. The number of nitrogens with zero attached hydrogens (tertiary/aromatic N) is 1. The normalized spacial score (nSPS) is 12.4. The van der Waals surface area contributed by atoms with Gasteiger partial charge in [-0.2, -0.15) is 0 Å². The zero-order valence-electron chi connectivity index (χ0n) is 6.84. The van der Waals surface area contributed by atoms with Gasteiger partial charge >= 0.3 is 5.97 Å². The number of hydrogen-bond donors (Lipinski definition) is 3. The molecule has 0 spiro atoms. The van der Waals surface area contributed by atoms with Crippen LogP contribution in [0.15, 0.2) is 18.3 Å². The molecule has 70 valence electrons. The van der Waals surface area contributed by atoms with Gasteiger partial charge in [-0.1, -0.05) is 0 Å². The van der Waals surface area contributed by atoms with Gasteiger partial charge < -0.3 is 15.9 Å². The average molecular weight is 182 g/mol. The summed E-state index contributed by atoms with van der Waals surface area (Å²) in [5.74, 6) is -1.13. The minimum atomic E-state index is -1.11. The second-order valence-corrected chi connectivity index (χ2v) is 2.62. The summed E-state index contributed by atoms with van der Waals surface area (Å²) in [7, 11) is 0. The Balaban J connectivity index is 2.74. The fourth-order valence-corrected chi connectivity index (χ4v) is 0.882. The zero-order chi connectivity index (χ0) is 9.84. The number of pyridine rings is 1. The highest BCUT2D eigenvalue weighted by atomic mass is 16.4. The van der Waals surface area contributed by atoms with Crippen LogP contribution in [0.5, 0.6) is 5.75 Å². The Morgan fingerprint density at radius 1 is 1.69 bits per heavy atom. The lowest BCUT2D eigenvalue weighted by molar-refractivity contribution is -0.138. The van der Waals surface area contributed by atoms with E-state index in [2.05, 4.69) is 4.98 Å². The summed E-state index contributed by atoms with van der Waals surface area (Å²) in [6.45, 7) is 0. The minimum Gasteiger partial charge on any atom is -0.506 e. The molecule has 1 aromatic rings. The summed E-state index contributed by atoms with van der Waals surface area (Å²) in [4.78, 5) is 14.2. The number of aliphatic carboxylic acids is 1. The molecule has 1 atom stereocenters. The van der Waals surface area contributed by atoms with Gasteiger partial charge in [-0.15, -0.1) is 0 Å². The maximum atomic E-state index is 10.4. The fraction of sp³-hybridized carbons (Fsp3) is 0.250. The lowest BCUT2D eigenvalue weighted by atomic mass is 10.1. The van der Waals surface area contributed by atoms with Gasteiger partial charge in [0.2, 0.25) is 0 Å². The van der Waals surface area contributed by atoms with E-state index in [0.29, 0.717) is 5.69 Å². The smallest absolute Gasteiger partial charge is 0.320 e. The highest BCUT2D eigenvalue weighted by Gasteiger charge is 2.14. The van der Waals surface area contributed by atoms with E-state index >= 15 is 0 Å². The SMILES string of the molecule is N[C@@H](Cc1ncccc1O)C(=O)O. The van der Waals surface area contributed by atoms with Crippen LogP contribution in [0.1, 0.15) is 5.69 Å². The molecule has 5 nitrogen and oxygen atoms in total. The number of hydrogen-bond acceptors (Lipinski definition) is 4. The number of carboxylic acids is 1. The molecule has 0 fully saturated rings. The largest absolute Gasteiger partial charge is 0.506 e. The monoisotopic (exact) mass is 182 g/mol. The Morgan fingerprint density at radius 2 is 2.38 bits per heavy atom. The minimum absolute atomic E-state index is 0.0285. The molecule has 0 aliphatic carbocycles. The van der Waals surface area contributed by atoms with Gasteiger partial charge in [0.15, 0.2) is 0 Å². The van der Waals surface area contributed by atoms with Crippen molar-refractivity contribution in [3.05, 3.63) is 24.0 Å². The lowest BCUT2D eigenvalue weighted by Crippen LogP contribution is -2.32. The van der Waals surface area contributed by atoms with Gasteiger partial charge in [-0.25, -0.2) is 0 Å². The lowest BCUT2D eigenvalue weighted by Gasteiger charge is -2.06. The van der Waals surface area contributed by atoms with Gasteiger partial charge in [0.05, 0.1) is 5.69 Å². The molecule has 0 amide bonds. The van der Waals surface area contributed by atoms with Crippen LogP contribution < -0.4 is 5.73 Å². The van der Waals surface area contributed by atoms with Gasteiger partial charge in [0.1, 0.15) is 11.8 Å². The molecule has 0 bridgehead atoms. The van der Waals surface area contributed by atoms with E-state index in [1.165, 1.54) is 12.3 Å². The van der Waals surface area contributed by atoms with Crippen LogP contribution in [-0.4, -0.2) is 27.2 Å². The maximum Gasteiger partial charge on any atom is 0.320 e. The van der Waals surface area contributed by atoms with E-state index in [4.69, 9.17) is 10.8 Å². The Morgan fingerprint density at radius 3 is 2.92 bits per heavy atom.